The number of amides is 1. The molecule has 2 heterocycles. The fourth-order valence-corrected chi connectivity index (χ4v) is 4.61. The van der Waals surface area contributed by atoms with Crippen LogP contribution in [0.2, 0.25) is 0 Å². The van der Waals surface area contributed by atoms with Crippen molar-refractivity contribution in [1.82, 2.24) is 15.6 Å². The Morgan fingerprint density at radius 1 is 1.11 bits per heavy atom. The molecule has 4 rings (SSSR count). The smallest absolute Gasteiger partial charge is 0.231 e. The maximum Gasteiger partial charge on any atom is 0.231 e. The van der Waals surface area contributed by atoms with Gasteiger partial charge in [0.2, 0.25) is 5.91 Å². The minimum atomic E-state index is -0.728. The summed E-state index contributed by atoms with van der Waals surface area (Å²) >= 11 is 0. The van der Waals surface area contributed by atoms with Gasteiger partial charge < -0.3 is 10.6 Å². The van der Waals surface area contributed by atoms with Gasteiger partial charge in [-0.2, -0.15) is 0 Å². The van der Waals surface area contributed by atoms with Gasteiger partial charge in [-0.15, -0.1) is 0 Å². The van der Waals surface area contributed by atoms with Crippen LogP contribution in [0.1, 0.15) is 43.2 Å². The fraction of sp³-hybridized carbons (Fsp3) is 0.455. The number of hydrogen-bond acceptors (Lipinski definition) is 3. The summed E-state index contributed by atoms with van der Waals surface area (Å²) in [6, 6.07) is 7.92. The molecule has 28 heavy (non-hydrogen) atoms. The highest BCUT2D eigenvalue weighted by Crippen LogP contribution is 2.44. The molecule has 0 bridgehead atoms. The van der Waals surface area contributed by atoms with E-state index in [-0.39, 0.29) is 23.0 Å². The molecule has 1 aliphatic heterocycles. The van der Waals surface area contributed by atoms with E-state index in [1.165, 1.54) is 18.3 Å². The normalized spacial score (nSPS) is 23.6. The fourth-order valence-electron chi connectivity index (χ4n) is 4.61. The number of carbonyl (C=O) groups excluding carboxylic acids is 1. The molecule has 0 radical (unpaired) electrons. The molecule has 4 nitrogen and oxygen atoms in total. The minimum absolute atomic E-state index is 0.0768. The van der Waals surface area contributed by atoms with Gasteiger partial charge in [-0.1, -0.05) is 18.6 Å². The second-order valence-electron chi connectivity index (χ2n) is 8.04. The highest BCUT2D eigenvalue weighted by Gasteiger charge is 2.45. The van der Waals surface area contributed by atoms with Crippen molar-refractivity contribution in [2.75, 3.05) is 19.6 Å². The quantitative estimate of drug-likeness (QED) is 0.831. The molecule has 1 aromatic heterocycles. The molecule has 2 aromatic rings. The van der Waals surface area contributed by atoms with Gasteiger partial charge >= 0.3 is 0 Å². The molecule has 148 valence electrons. The van der Waals surface area contributed by atoms with E-state index < -0.39 is 5.41 Å². The van der Waals surface area contributed by atoms with E-state index in [1.807, 2.05) is 0 Å². The first-order valence-electron chi connectivity index (χ1n) is 9.91. The summed E-state index contributed by atoms with van der Waals surface area (Å²) in [6.07, 6.45) is 7.12. The Bertz CT molecular complexity index is 843. The molecule has 0 unspecified atom stereocenters. The summed E-state index contributed by atoms with van der Waals surface area (Å²) < 4.78 is 27.7. The second-order valence-corrected chi connectivity index (χ2v) is 8.04. The number of benzene rings is 1. The van der Waals surface area contributed by atoms with E-state index >= 15 is 0 Å². The number of pyridine rings is 1. The monoisotopic (exact) mass is 385 g/mol. The maximum atomic E-state index is 14.3. The Labute approximate surface area is 163 Å². The van der Waals surface area contributed by atoms with Crippen LogP contribution in [-0.4, -0.2) is 30.5 Å². The molecule has 1 aliphatic carbocycles. The number of hydrogen-bond donors (Lipinski definition) is 2. The topological polar surface area (TPSA) is 54.0 Å². The molecule has 6 heteroatoms. The van der Waals surface area contributed by atoms with Crippen LogP contribution in [0.3, 0.4) is 0 Å². The Morgan fingerprint density at radius 3 is 2.50 bits per heavy atom. The minimum Gasteiger partial charge on any atom is -0.354 e. The van der Waals surface area contributed by atoms with Gasteiger partial charge in [-0.05, 0) is 61.6 Å². The van der Waals surface area contributed by atoms with E-state index in [0.717, 1.165) is 37.8 Å². The molecular formula is C22H25F2N3O. The number of piperidine rings is 1. The molecule has 1 amide bonds. The molecule has 1 saturated carbocycles. The summed E-state index contributed by atoms with van der Waals surface area (Å²) in [6.45, 7) is 1.78. The van der Waals surface area contributed by atoms with Crippen molar-refractivity contribution in [3.63, 3.8) is 0 Å². The first-order chi connectivity index (χ1) is 13.6. The maximum absolute atomic E-state index is 14.3. The second kappa shape index (κ2) is 7.59. The number of nitrogens with one attached hydrogen (secondary N) is 2. The van der Waals surface area contributed by atoms with Crippen LogP contribution in [0.15, 0.2) is 42.7 Å². The third-order valence-electron chi connectivity index (χ3n) is 6.46. The molecule has 0 spiro atoms. The molecule has 2 fully saturated rings. The van der Waals surface area contributed by atoms with E-state index in [2.05, 4.69) is 15.6 Å². The van der Waals surface area contributed by atoms with Crippen molar-refractivity contribution in [2.45, 2.75) is 42.9 Å². The SMILES string of the molecule is O=C(NCC1(c2ccncc2F)CCC1)[C@@]1(c2ccc(F)cc2)CCCNC1. The summed E-state index contributed by atoms with van der Waals surface area (Å²) in [4.78, 5) is 17.2. The Hall–Kier alpha value is -2.34. The van der Waals surface area contributed by atoms with Crippen molar-refractivity contribution in [3.8, 4) is 0 Å². The predicted octanol–water partition coefficient (Wildman–Crippen LogP) is 3.22. The zero-order chi connectivity index (χ0) is 19.6. The molecule has 2 aliphatic rings. The summed E-state index contributed by atoms with van der Waals surface area (Å²) in [5.74, 6) is -0.708. The van der Waals surface area contributed by atoms with Crippen molar-refractivity contribution in [2.24, 2.45) is 0 Å². The van der Waals surface area contributed by atoms with Crippen molar-refractivity contribution < 1.29 is 13.6 Å². The van der Waals surface area contributed by atoms with Gasteiger partial charge in [-0.25, -0.2) is 8.78 Å². The molecule has 1 saturated heterocycles. The van der Waals surface area contributed by atoms with E-state index in [1.54, 1.807) is 24.4 Å². The first-order valence-corrected chi connectivity index (χ1v) is 9.91. The Kier molecular flexibility index (Phi) is 5.15. The Morgan fingerprint density at radius 2 is 1.89 bits per heavy atom. The Balaban J connectivity index is 1.57. The van der Waals surface area contributed by atoms with Crippen molar-refractivity contribution in [3.05, 3.63) is 65.5 Å². The molecule has 1 atom stereocenters. The molecular weight excluding hydrogens is 360 g/mol. The lowest BCUT2D eigenvalue weighted by Crippen LogP contribution is -2.56. The van der Waals surface area contributed by atoms with Crippen LogP contribution in [0.4, 0.5) is 8.78 Å². The number of carbonyl (C=O) groups is 1. The molecule has 2 N–H and O–H groups in total. The van der Waals surface area contributed by atoms with Gasteiger partial charge in [0, 0.05) is 24.7 Å². The third-order valence-corrected chi connectivity index (χ3v) is 6.46. The third kappa shape index (κ3) is 3.30. The number of nitrogens with zero attached hydrogens (tertiary/aromatic N) is 1. The lowest BCUT2D eigenvalue weighted by atomic mass is 9.64. The van der Waals surface area contributed by atoms with Gasteiger partial charge in [-0.3, -0.25) is 9.78 Å². The number of aromatic nitrogens is 1. The standard InChI is InChI=1S/C22H25F2N3O/c23-17-5-3-16(4-6-17)22(10-2-11-26-15-22)20(28)27-14-21(8-1-9-21)18-7-12-25-13-19(18)24/h3-7,12-13,26H,1-2,8-11,14-15H2,(H,27,28)/t22-/m0/s1. The average molecular weight is 385 g/mol. The van der Waals surface area contributed by atoms with E-state index in [4.69, 9.17) is 0 Å². The zero-order valence-electron chi connectivity index (χ0n) is 15.8. The van der Waals surface area contributed by atoms with Crippen molar-refractivity contribution >= 4 is 5.91 Å². The van der Waals surface area contributed by atoms with E-state index in [9.17, 15) is 13.6 Å². The van der Waals surface area contributed by atoms with Crippen LogP contribution in [0.5, 0.6) is 0 Å². The van der Waals surface area contributed by atoms with Crippen LogP contribution in [0.25, 0.3) is 0 Å². The van der Waals surface area contributed by atoms with Gasteiger partial charge in [0.05, 0.1) is 11.6 Å². The van der Waals surface area contributed by atoms with Crippen LogP contribution in [-0.2, 0) is 15.6 Å². The summed E-state index contributed by atoms with van der Waals surface area (Å²) in [7, 11) is 0. The largest absolute Gasteiger partial charge is 0.354 e. The highest BCUT2D eigenvalue weighted by atomic mass is 19.1. The highest BCUT2D eigenvalue weighted by molar-refractivity contribution is 5.89. The van der Waals surface area contributed by atoms with Crippen molar-refractivity contribution in [1.29, 1.82) is 0 Å². The zero-order valence-corrected chi connectivity index (χ0v) is 15.8. The van der Waals surface area contributed by atoms with Crippen LogP contribution < -0.4 is 10.6 Å². The van der Waals surface area contributed by atoms with Crippen LogP contribution >= 0.6 is 0 Å². The first kappa shape index (κ1) is 19.0. The lowest BCUT2D eigenvalue weighted by Gasteiger charge is -2.44. The van der Waals surface area contributed by atoms with Gasteiger partial charge in [0.1, 0.15) is 11.6 Å². The van der Waals surface area contributed by atoms with Gasteiger partial charge in [0.15, 0.2) is 0 Å². The average Bonchev–Trinajstić information content (AvgIpc) is 2.69. The molecule has 1 aromatic carbocycles. The van der Waals surface area contributed by atoms with E-state index in [0.29, 0.717) is 25.1 Å². The van der Waals surface area contributed by atoms with Gasteiger partial charge in [0.25, 0.3) is 0 Å². The summed E-state index contributed by atoms with van der Waals surface area (Å²) in [5.41, 5.74) is 0.352. The lowest BCUT2D eigenvalue weighted by molar-refractivity contribution is -0.128. The van der Waals surface area contributed by atoms with Crippen LogP contribution in [0, 0.1) is 11.6 Å². The number of halogens is 2. The number of rotatable bonds is 5. The summed E-state index contributed by atoms with van der Waals surface area (Å²) in [5, 5.41) is 6.43. The predicted molar refractivity (Wildman–Crippen MR) is 103 cm³/mol.